The maximum atomic E-state index is 11.1. The summed E-state index contributed by atoms with van der Waals surface area (Å²) in [6.45, 7) is 0.479. The summed E-state index contributed by atoms with van der Waals surface area (Å²) < 4.78 is 10.5. The Balaban J connectivity index is 0.000000494. The molecule has 18 heavy (non-hydrogen) atoms. The Morgan fingerprint density at radius 1 is 1.56 bits per heavy atom. The Morgan fingerprint density at radius 3 is 2.44 bits per heavy atom. The summed E-state index contributed by atoms with van der Waals surface area (Å²) in [5.74, 6) is 0.139. The second-order valence-corrected chi connectivity index (χ2v) is 5.13. The number of hydrogen-bond acceptors (Lipinski definition) is 6. The van der Waals surface area contributed by atoms with Gasteiger partial charge in [0.25, 0.3) is 0 Å². The van der Waals surface area contributed by atoms with Crippen LogP contribution in [-0.4, -0.2) is 48.9 Å². The van der Waals surface area contributed by atoms with E-state index < -0.39 is 26.0 Å². The summed E-state index contributed by atoms with van der Waals surface area (Å²) >= 11 is 0. The normalized spacial score (nSPS) is 12.5. The van der Waals surface area contributed by atoms with E-state index in [1.165, 1.54) is 16.8 Å². The molecule has 0 amide bonds. The Hall–Kier alpha value is -1.25. The number of nitrogen functional groups attached to an aromatic ring is 1. The van der Waals surface area contributed by atoms with E-state index in [4.69, 9.17) is 25.7 Å². The van der Waals surface area contributed by atoms with Gasteiger partial charge >= 0.3 is 13.3 Å². The van der Waals surface area contributed by atoms with Gasteiger partial charge in [-0.3, -0.25) is 9.13 Å². The zero-order valence-corrected chi connectivity index (χ0v) is 10.6. The van der Waals surface area contributed by atoms with Crippen molar-refractivity contribution in [3.63, 3.8) is 0 Å². The van der Waals surface area contributed by atoms with Crippen LogP contribution in [0.15, 0.2) is 17.1 Å². The van der Waals surface area contributed by atoms with Gasteiger partial charge in [-0.1, -0.05) is 0 Å². The summed E-state index contributed by atoms with van der Waals surface area (Å²) in [5, 5.41) is 17.6. The van der Waals surface area contributed by atoms with Crippen molar-refractivity contribution >= 4 is 13.4 Å². The quantitative estimate of drug-likeness (QED) is 0.397. The Morgan fingerprint density at radius 2 is 2.06 bits per heavy atom. The van der Waals surface area contributed by atoms with Crippen LogP contribution in [0.3, 0.4) is 0 Å². The molecule has 10 heteroatoms. The van der Waals surface area contributed by atoms with Crippen molar-refractivity contribution in [1.82, 2.24) is 9.55 Å². The van der Waals surface area contributed by atoms with E-state index >= 15 is 0 Å². The second kappa shape index (κ2) is 7.24. The van der Waals surface area contributed by atoms with Gasteiger partial charge < -0.3 is 25.7 Å². The molecule has 0 saturated heterocycles. The lowest BCUT2D eigenvalue weighted by Crippen LogP contribution is -2.30. The molecule has 1 aromatic heterocycles. The van der Waals surface area contributed by atoms with E-state index in [-0.39, 0.29) is 12.4 Å². The highest BCUT2D eigenvalue weighted by molar-refractivity contribution is 7.50. The van der Waals surface area contributed by atoms with Crippen LogP contribution in [0.25, 0.3) is 0 Å². The van der Waals surface area contributed by atoms with Crippen LogP contribution < -0.4 is 11.4 Å². The van der Waals surface area contributed by atoms with Crippen LogP contribution in [0.1, 0.15) is 0 Å². The molecule has 0 saturated carbocycles. The lowest BCUT2D eigenvalue weighted by molar-refractivity contribution is 0.0800. The number of nitrogens with two attached hydrogens (primary N) is 1. The fourth-order valence-corrected chi connectivity index (χ4v) is 0.866. The minimum Gasteiger partial charge on any atom is -0.394 e. The van der Waals surface area contributed by atoms with Crippen molar-refractivity contribution in [2.45, 2.75) is 12.6 Å². The zero-order chi connectivity index (χ0) is 14.3. The Labute approximate surface area is 103 Å². The molecular formula is C8H16N3O6P. The number of aromatic nitrogens is 2. The molecule has 1 heterocycles. The molecule has 0 aromatic carbocycles. The van der Waals surface area contributed by atoms with E-state index in [0.717, 1.165) is 6.66 Å². The van der Waals surface area contributed by atoms with Crippen molar-refractivity contribution in [1.29, 1.82) is 0 Å². The van der Waals surface area contributed by atoms with Crippen LogP contribution in [-0.2, 0) is 11.1 Å². The molecule has 1 atom stereocenters. The second-order valence-electron chi connectivity index (χ2n) is 3.46. The first-order valence-electron chi connectivity index (χ1n) is 4.78. The van der Waals surface area contributed by atoms with Crippen LogP contribution >= 0.6 is 7.60 Å². The lowest BCUT2D eigenvalue weighted by Gasteiger charge is -2.08. The van der Waals surface area contributed by atoms with Crippen LogP contribution in [0, 0.1) is 0 Å². The third kappa shape index (κ3) is 8.85. The van der Waals surface area contributed by atoms with Crippen molar-refractivity contribution in [2.75, 3.05) is 19.0 Å². The van der Waals surface area contributed by atoms with Gasteiger partial charge in [0, 0.05) is 12.9 Å². The number of nitrogens with zero attached hydrogens (tertiary/aromatic N) is 2. The van der Waals surface area contributed by atoms with Crippen molar-refractivity contribution < 1.29 is 24.6 Å². The largest absolute Gasteiger partial charge is 0.394 e. The van der Waals surface area contributed by atoms with Crippen LogP contribution in [0.5, 0.6) is 0 Å². The van der Waals surface area contributed by atoms with Gasteiger partial charge in [-0.15, -0.1) is 0 Å². The highest BCUT2D eigenvalue weighted by Crippen LogP contribution is 2.26. The third-order valence-electron chi connectivity index (χ3n) is 1.51. The van der Waals surface area contributed by atoms with Crippen LogP contribution in [0.2, 0.25) is 0 Å². The molecule has 0 aliphatic rings. The maximum Gasteiger partial charge on any atom is 0.349 e. The zero-order valence-electron chi connectivity index (χ0n) is 9.67. The first kappa shape index (κ1) is 16.8. The summed E-state index contributed by atoms with van der Waals surface area (Å²) in [6.07, 6.45) is 0.465. The first-order valence-corrected chi connectivity index (χ1v) is 6.84. The standard InChI is InChI=1S/C7H11N3O3.CH5O3P/c8-6-1-2-10(7(13)9-6)3-5(12)4-11;1-5(2,3)4/h1-2,5,11-12H,3-4H2,(H2,8,9,13);1H3,(H2,2,3,4). The van der Waals surface area contributed by atoms with Crippen molar-refractivity contribution in [2.24, 2.45) is 0 Å². The molecule has 6 N–H and O–H groups in total. The van der Waals surface area contributed by atoms with Gasteiger partial charge in [0.2, 0.25) is 0 Å². The van der Waals surface area contributed by atoms with E-state index in [2.05, 4.69) is 4.98 Å². The van der Waals surface area contributed by atoms with E-state index in [0.29, 0.717) is 0 Å². The lowest BCUT2D eigenvalue weighted by atomic mass is 10.4. The summed E-state index contributed by atoms with van der Waals surface area (Å²) in [6, 6.07) is 1.45. The molecule has 0 radical (unpaired) electrons. The van der Waals surface area contributed by atoms with Crippen molar-refractivity contribution in [3.05, 3.63) is 22.7 Å². The molecule has 0 aliphatic heterocycles. The summed E-state index contributed by atoms with van der Waals surface area (Å²) in [7, 11) is -3.64. The van der Waals surface area contributed by atoms with E-state index in [9.17, 15) is 9.36 Å². The van der Waals surface area contributed by atoms with Gasteiger partial charge in [-0.2, -0.15) is 4.98 Å². The number of rotatable bonds is 3. The van der Waals surface area contributed by atoms with Gasteiger partial charge in [0.05, 0.1) is 19.3 Å². The first-order chi connectivity index (χ1) is 8.13. The number of anilines is 1. The molecular weight excluding hydrogens is 265 g/mol. The minimum atomic E-state index is -3.64. The highest BCUT2D eigenvalue weighted by Gasteiger charge is 2.04. The van der Waals surface area contributed by atoms with Gasteiger partial charge in [-0.25, -0.2) is 4.79 Å². The highest BCUT2D eigenvalue weighted by atomic mass is 31.2. The average Bonchev–Trinajstić information content (AvgIpc) is 2.19. The number of hydrogen-bond donors (Lipinski definition) is 5. The van der Waals surface area contributed by atoms with Gasteiger partial charge in [0.15, 0.2) is 0 Å². The average molecular weight is 281 g/mol. The Bertz CT molecular complexity index is 462. The smallest absolute Gasteiger partial charge is 0.349 e. The minimum absolute atomic E-state index is 0.0165. The molecule has 9 nitrogen and oxygen atoms in total. The molecule has 0 bridgehead atoms. The molecule has 0 aliphatic carbocycles. The summed E-state index contributed by atoms with van der Waals surface area (Å²) in [4.78, 5) is 29.8. The molecule has 1 unspecified atom stereocenters. The van der Waals surface area contributed by atoms with E-state index in [1.54, 1.807) is 0 Å². The molecule has 104 valence electrons. The van der Waals surface area contributed by atoms with Crippen molar-refractivity contribution in [3.8, 4) is 0 Å². The van der Waals surface area contributed by atoms with Gasteiger partial charge in [0.1, 0.15) is 5.82 Å². The molecule has 1 rings (SSSR count). The monoisotopic (exact) mass is 281 g/mol. The fourth-order valence-electron chi connectivity index (χ4n) is 0.866. The molecule has 0 fully saturated rings. The molecule has 0 spiro atoms. The van der Waals surface area contributed by atoms with E-state index in [1.807, 2.05) is 0 Å². The Kier molecular flexibility index (Phi) is 6.74. The predicted octanol–water partition coefficient (Wildman–Crippen LogP) is -2.03. The predicted molar refractivity (Wildman–Crippen MR) is 64.0 cm³/mol. The molecule has 1 aromatic rings. The number of aliphatic hydroxyl groups is 2. The topological polar surface area (TPSA) is 159 Å². The maximum absolute atomic E-state index is 11.1. The number of aliphatic hydroxyl groups excluding tert-OH is 2. The third-order valence-corrected chi connectivity index (χ3v) is 1.51. The van der Waals surface area contributed by atoms with Gasteiger partial charge in [-0.05, 0) is 6.07 Å². The summed E-state index contributed by atoms with van der Waals surface area (Å²) in [5.41, 5.74) is 4.72. The fraction of sp³-hybridized carbons (Fsp3) is 0.500. The van der Waals surface area contributed by atoms with Crippen LogP contribution in [0.4, 0.5) is 5.82 Å². The SMILES string of the molecule is CP(=O)(O)O.Nc1ccn(CC(O)CO)c(=O)n1.